The molecule has 188 valence electrons. The summed E-state index contributed by atoms with van der Waals surface area (Å²) in [6, 6.07) is 0.0823. The van der Waals surface area contributed by atoms with Crippen LogP contribution in [0.2, 0.25) is 5.02 Å². The van der Waals surface area contributed by atoms with Gasteiger partial charge in [0.2, 0.25) is 5.91 Å². The number of carbonyl (C=O) groups excluding carboxylic acids is 1. The molecular formula is C25H29ClN8O2. The summed E-state index contributed by atoms with van der Waals surface area (Å²) in [5.74, 6) is 2.17. The van der Waals surface area contributed by atoms with Crippen molar-refractivity contribution in [1.82, 2.24) is 24.7 Å². The third kappa shape index (κ3) is 2.71. The highest BCUT2D eigenvalue weighted by Gasteiger charge is 2.80. The molecule has 2 bridgehead atoms. The number of morpholine rings is 1. The number of nitrogens with two attached hydrogens (primary N) is 1. The van der Waals surface area contributed by atoms with Gasteiger partial charge in [-0.05, 0) is 18.8 Å². The first-order valence-electron chi connectivity index (χ1n) is 12.5. The number of imidazole rings is 1. The number of hydrogen-bond donors (Lipinski definition) is 3. The quantitative estimate of drug-likeness (QED) is 0.452. The Bertz CT molecular complexity index is 1440. The van der Waals surface area contributed by atoms with E-state index in [-0.39, 0.29) is 29.2 Å². The number of anilines is 2. The number of nitrogens with zero attached hydrogens (tertiary/aromatic N) is 5. The summed E-state index contributed by atoms with van der Waals surface area (Å²) in [5, 5.41) is 8.91. The molecule has 0 aromatic carbocycles. The van der Waals surface area contributed by atoms with E-state index in [9.17, 15) is 4.79 Å². The minimum absolute atomic E-state index is 0.0545. The molecule has 4 heterocycles. The molecule has 7 rings (SSSR count). The van der Waals surface area contributed by atoms with Crippen LogP contribution in [-0.2, 0) is 16.6 Å². The van der Waals surface area contributed by atoms with E-state index in [0.29, 0.717) is 41.5 Å². The average molecular weight is 509 g/mol. The van der Waals surface area contributed by atoms with E-state index in [4.69, 9.17) is 32.2 Å². The zero-order valence-corrected chi connectivity index (χ0v) is 21.2. The highest BCUT2D eigenvalue weighted by Crippen LogP contribution is 2.78. The minimum Gasteiger partial charge on any atom is -0.378 e. The van der Waals surface area contributed by atoms with Crippen LogP contribution >= 0.6 is 11.6 Å². The Hall–Kier alpha value is -3.11. The van der Waals surface area contributed by atoms with Crippen LogP contribution in [0.15, 0.2) is 18.3 Å². The molecule has 1 spiro atoms. The molecule has 11 heteroatoms. The average Bonchev–Trinajstić information content (AvgIpc) is 3.16. The summed E-state index contributed by atoms with van der Waals surface area (Å²) in [7, 11) is 1.95. The number of amides is 1. The lowest BCUT2D eigenvalue weighted by Gasteiger charge is -2.54. The van der Waals surface area contributed by atoms with E-state index in [0.717, 1.165) is 41.4 Å². The van der Waals surface area contributed by atoms with Crippen molar-refractivity contribution in [3.63, 3.8) is 0 Å². The third-order valence-corrected chi connectivity index (χ3v) is 9.29. The van der Waals surface area contributed by atoms with Crippen molar-refractivity contribution in [3.8, 4) is 11.4 Å². The Balaban J connectivity index is 1.29. The van der Waals surface area contributed by atoms with E-state index >= 15 is 0 Å². The largest absolute Gasteiger partial charge is 0.378 e. The fourth-order valence-corrected chi connectivity index (χ4v) is 7.63. The monoisotopic (exact) mass is 508 g/mol. The maximum Gasteiger partial charge on any atom is 0.221 e. The van der Waals surface area contributed by atoms with Gasteiger partial charge in [-0.25, -0.2) is 9.97 Å². The van der Waals surface area contributed by atoms with Crippen molar-refractivity contribution in [2.75, 3.05) is 36.5 Å². The fraction of sp³-hybridized carbons (Fsp3) is 0.520. The number of pyridine rings is 1. The lowest BCUT2D eigenvalue weighted by molar-refractivity contribution is -0.133. The Labute approximate surface area is 213 Å². The summed E-state index contributed by atoms with van der Waals surface area (Å²) in [4.78, 5) is 27.5. The molecule has 0 radical (unpaired) electrons. The molecule has 3 aliphatic carbocycles. The van der Waals surface area contributed by atoms with Crippen LogP contribution in [0.3, 0.4) is 0 Å². The van der Waals surface area contributed by atoms with Gasteiger partial charge in [-0.3, -0.25) is 9.48 Å². The van der Waals surface area contributed by atoms with Gasteiger partial charge in [0.05, 0.1) is 47.3 Å². The molecule has 36 heavy (non-hydrogen) atoms. The second-order valence-corrected chi connectivity index (χ2v) is 11.0. The SMILES string of the molecule is Cc1nn(C)c(N2CCOCC2)c1-c1nc2ncc(Cl)c(NC3C4C=CC5C(C)C53C4C(N)=O)c2[nH]1. The number of ether oxygens (including phenoxy) is 1. The Morgan fingerprint density at radius 2 is 2.11 bits per heavy atom. The van der Waals surface area contributed by atoms with Crippen LogP contribution in [0.4, 0.5) is 11.5 Å². The van der Waals surface area contributed by atoms with Gasteiger partial charge in [-0.2, -0.15) is 5.10 Å². The topological polar surface area (TPSA) is 127 Å². The molecule has 6 unspecified atom stereocenters. The summed E-state index contributed by atoms with van der Waals surface area (Å²) < 4.78 is 7.46. The number of allylic oxidation sites excluding steroid dienone is 1. The summed E-state index contributed by atoms with van der Waals surface area (Å²) in [5.41, 5.74) is 9.61. The standard InChI is InChI=1S/C25H29ClN8O2/c1-11-14-5-4-13-17(21(27)35)25(11,14)20(13)29-18-15(26)10-28-23-19(18)30-22(31-23)16-12(2)32-33(3)24(16)34-6-8-36-9-7-34/h4-5,10-11,13-14,17,20H,6-9H2,1-3H3,(H2,27,35)(H2,28,29,30,31). The number of aromatic amines is 1. The predicted octanol–water partition coefficient (Wildman–Crippen LogP) is 2.49. The van der Waals surface area contributed by atoms with Gasteiger partial charge in [0.15, 0.2) is 5.65 Å². The summed E-state index contributed by atoms with van der Waals surface area (Å²) in [6.45, 7) is 7.15. The van der Waals surface area contributed by atoms with Crippen LogP contribution in [0.5, 0.6) is 0 Å². The molecule has 1 amide bonds. The molecule has 2 saturated carbocycles. The number of aromatic nitrogens is 5. The highest BCUT2D eigenvalue weighted by atomic mass is 35.5. The molecule has 1 saturated heterocycles. The lowest BCUT2D eigenvalue weighted by Crippen LogP contribution is -2.63. The Morgan fingerprint density at radius 1 is 1.33 bits per heavy atom. The molecule has 3 aromatic heterocycles. The van der Waals surface area contributed by atoms with Crippen molar-refractivity contribution in [2.45, 2.75) is 19.9 Å². The molecule has 10 nitrogen and oxygen atoms in total. The number of aryl methyl sites for hydroxylation is 2. The van der Waals surface area contributed by atoms with E-state index in [1.165, 1.54) is 0 Å². The minimum atomic E-state index is -0.214. The highest BCUT2D eigenvalue weighted by molar-refractivity contribution is 6.34. The molecular weight excluding hydrogens is 480 g/mol. The second-order valence-electron chi connectivity index (χ2n) is 10.6. The molecule has 1 aliphatic heterocycles. The maximum absolute atomic E-state index is 12.3. The number of rotatable bonds is 5. The predicted molar refractivity (Wildman–Crippen MR) is 137 cm³/mol. The molecule has 6 atom stereocenters. The summed E-state index contributed by atoms with van der Waals surface area (Å²) >= 11 is 6.70. The zero-order valence-electron chi connectivity index (χ0n) is 20.5. The van der Waals surface area contributed by atoms with Crippen molar-refractivity contribution in [2.24, 2.45) is 41.9 Å². The number of halogens is 1. The van der Waals surface area contributed by atoms with Crippen molar-refractivity contribution >= 4 is 40.2 Å². The van der Waals surface area contributed by atoms with E-state index in [1.807, 2.05) is 18.7 Å². The van der Waals surface area contributed by atoms with Gasteiger partial charge in [-0.15, -0.1) is 0 Å². The maximum atomic E-state index is 12.3. The third-order valence-electron chi connectivity index (χ3n) is 9.00. The lowest BCUT2D eigenvalue weighted by atomic mass is 9.53. The molecule has 4 N–H and O–H groups in total. The zero-order chi connectivity index (χ0) is 24.9. The summed E-state index contributed by atoms with van der Waals surface area (Å²) in [6.07, 6.45) is 6.04. The van der Waals surface area contributed by atoms with Crippen LogP contribution in [0.25, 0.3) is 22.6 Å². The number of carbonyl (C=O) groups is 1. The molecule has 3 fully saturated rings. The number of nitrogens with one attached hydrogen (secondary N) is 2. The smallest absolute Gasteiger partial charge is 0.221 e. The van der Waals surface area contributed by atoms with Gasteiger partial charge < -0.3 is 25.7 Å². The number of H-pyrrole nitrogens is 1. The van der Waals surface area contributed by atoms with Crippen LogP contribution in [0.1, 0.15) is 12.6 Å². The van der Waals surface area contributed by atoms with Crippen molar-refractivity contribution < 1.29 is 9.53 Å². The number of hydrogen-bond acceptors (Lipinski definition) is 7. The van der Waals surface area contributed by atoms with Gasteiger partial charge in [0, 0.05) is 37.5 Å². The first kappa shape index (κ1) is 22.1. The van der Waals surface area contributed by atoms with Crippen LogP contribution < -0.4 is 16.0 Å². The first-order chi connectivity index (χ1) is 17.3. The van der Waals surface area contributed by atoms with Gasteiger partial charge >= 0.3 is 0 Å². The number of primary amides is 1. The van der Waals surface area contributed by atoms with Gasteiger partial charge in [-0.1, -0.05) is 30.7 Å². The van der Waals surface area contributed by atoms with Crippen LogP contribution in [-0.4, -0.2) is 63.0 Å². The van der Waals surface area contributed by atoms with E-state index in [1.54, 1.807) is 6.20 Å². The van der Waals surface area contributed by atoms with Gasteiger partial charge in [0.1, 0.15) is 17.2 Å². The van der Waals surface area contributed by atoms with E-state index in [2.05, 4.69) is 39.3 Å². The Morgan fingerprint density at radius 3 is 2.86 bits per heavy atom. The first-order valence-corrected chi connectivity index (χ1v) is 12.9. The van der Waals surface area contributed by atoms with E-state index < -0.39 is 0 Å². The van der Waals surface area contributed by atoms with Crippen molar-refractivity contribution in [3.05, 3.63) is 29.1 Å². The normalized spacial score (nSPS) is 32.3. The van der Waals surface area contributed by atoms with Crippen molar-refractivity contribution in [1.29, 1.82) is 0 Å². The number of fused-ring (bicyclic) bond motifs is 2. The molecule has 3 aromatic rings. The second kappa shape index (κ2) is 7.45. The molecule has 4 aliphatic rings. The van der Waals surface area contributed by atoms with Gasteiger partial charge in [0.25, 0.3) is 0 Å². The van der Waals surface area contributed by atoms with Crippen LogP contribution in [0, 0.1) is 36.0 Å². The fourth-order valence-electron chi connectivity index (χ4n) is 7.43. The Kier molecular flexibility index (Phi) is 4.58.